The fraction of sp³-hybridized carbons (Fsp3) is 0.800. The standard InChI is InChI=1S/C10H19N3O2S/c1-7-6-16-10(13-8(7)2)12-3-4-15-5-9(11)14/h7-8H,3-6H2,1-2H3,(H2,11,14)(H,12,13). The van der Waals surface area contributed by atoms with Crippen LogP contribution in [-0.2, 0) is 9.53 Å². The quantitative estimate of drug-likeness (QED) is 0.679. The molecule has 0 saturated carbocycles. The van der Waals surface area contributed by atoms with E-state index in [-0.39, 0.29) is 6.61 Å². The normalized spacial score (nSPS) is 27.8. The number of amidine groups is 1. The number of nitrogens with two attached hydrogens (primary N) is 1. The van der Waals surface area contributed by atoms with Crippen molar-refractivity contribution in [2.45, 2.75) is 19.9 Å². The maximum atomic E-state index is 10.4. The molecule has 1 aliphatic heterocycles. The smallest absolute Gasteiger partial charge is 0.243 e. The minimum absolute atomic E-state index is 0.0289. The van der Waals surface area contributed by atoms with Crippen molar-refractivity contribution in [3.63, 3.8) is 0 Å². The molecule has 2 atom stereocenters. The minimum atomic E-state index is -0.444. The molecule has 0 spiro atoms. The van der Waals surface area contributed by atoms with Crippen LogP contribution in [0.3, 0.4) is 0 Å². The molecule has 1 rings (SSSR count). The summed E-state index contributed by atoms with van der Waals surface area (Å²) in [6.45, 7) is 5.34. The van der Waals surface area contributed by atoms with Crippen molar-refractivity contribution in [3.8, 4) is 0 Å². The summed E-state index contributed by atoms with van der Waals surface area (Å²) in [5.74, 6) is 1.31. The van der Waals surface area contributed by atoms with E-state index in [1.165, 1.54) is 0 Å². The molecule has 0 bridgehead atoms. The Balaban J connectivity index is 2.17. The summed E-state index contributed by atoms with van der Waals surface area (Å²) in [5, 5.41) is 4.30. The third-order valence-electron chi connectivity index (χ3n) is 2.42. The van der Waals surface area contributed by atoms with Gasteiger partial charge in [-0.2, -0.15) is 0 Å². The first kappa shape index (κ1) is 13.3. The van der Waals surface area contributed by atoms with Crippen LogP contribution in [0.4, 0.5) is 0 Å². The molecule has 1 heterocycles. The number of aliphatic imine (C=N–C) groups is 1. The molecule has 6 heteroatoms. The first-order valence-corrected chi connectivity index (χ1v) is 6.38. The van der Waals surface area contributed by atoms with Crippen molar-refractivity contribution < 1.29 is 9.53 Å². The molecule has 1 amide bonds. The lowest BCUT2D eigenvalue weighted by Gasteiger charge is -2.28. The number of ether oxygens (including phenoxy) is 1. The average Bonchev–Trinajstić information content (AvgIpc) is 2.22. The molecule has 0 aromatic rings. The van der Waals surface area contributed by atoms with E-state index in [2.05, 4.69) is 24.2 Å². The monoisotopic (exact) mass is 245 g/mol. The number of nitrogens with one attached hydrogen (secondary N) is 1. The van der Waals surface area contributed by atoms with E-state index >= 15 is 0 Å². The first-order valence-electron chi connectivity index (χ1n) is 5.39. The van der Waals surface area contributed by atoms with E-state index in [1.54, 1.807) is 11.8 Å². The molecule has 0 aromatic heterocycles. The van der Waals surface area contributed by atoms with E-state index in [1.807, 2.05) is 0 Å². The zero-order valence-electron chi connectivity index (χ0n) is 9.73. The van der Waals surface area contributed by atoms with Crippen LogP contribution >= 0.6 is 11.8 Å². The van der Waals surface area contributed by atoms with Crippen molar-refractivity contribution >= 4 is 22.8 Å². The lowest BCUT2D eigenvalue weighted by molar-refractivity contribution is -0.122. The summed E-state index contributed by atoms with van der Waals surface area (Å²) in [6.07, 6.45) is 0. The van der Waals surface area contributed by atoms with Crippen LogP contribution in [0.25, 0.3) is 0 Å². The van der Waals surface area contributed by atoms with Crippen molar-refractivity contribution in [1.29, 1.82) is 0 Å². The van der Waals surface area contributed by atoms with Gasteiger partial charge in [-0.3, -0.25) is 9.79 Å². The Morgan fingerprint density at radius 1 is 1.69 bits per heavy atom. The van der Waals surface area contributed by atoms with Gasteiger partial charge in [0.15, 0.2) is 5.17 Å². The lowest BCUT2D eigenvalue weighted by Crippen LogP contribution is -2.41. The second-order valence-electron chi connectivity index (χ2n) is 3.93. The van der Waals surface area contributed by atoms with Crippen LogP contribution in [0.5, 0.6) is 0 Å². The summed E-state index contributed by atoms with van der Waals surface area (Å²) in [5.41, 5.74) is 4.93. The number of nitrogens with zero attached hydrogens (tertiary/aromatic N) is 1. The molecule has 0 aliphatic carbocycles. The predicted octanol–water partition coefficient (Wildman–Crippen LogP) is 0.205. The van der Waals surface area contributed by atoms with Gasteiger partial charge in [0.1, 0.15) is 6.61 Å². The lowest BCUT2D eigenvalue weighted by atomic mass is 10.1. The Bertz CT molecular complexity index is 271. The molecule has 1 saturated heterocycles. The van der Waals surface area contributed by atoms with E-state index in [0.29, 0.717) is 25.1 Å². The maximum absolute atomic E-state index is 10.4. The van der Waals surface area contributed by atoms with Gasteiger partial charge in [0.25, 0.3) is 0 Å². The van der Waals surface area contributed by atoms with Gasteiger partial charge in [0, 0.05) is 11.8 Å². The fourth-order valence-corrected chi connectivity index (χ4v) is 2.37. The topological polar surface area (TPSA) is 76.7 Å². The largest absolute Gasteiger partial charge is 0.370 e. The number of hydrogen-bond donors (Lipinski definition) is 2. The molecule has 3 N–H and O–H groups in total. The highest BCUT2D eigenvalue weighted by Crippen LogP contribution is 2.18. The zero-order chi connectivity index (χ0) is 12.0. The highest BCUT2D eigenvalue weighted by molar-refractivity contribution is 8.13. The zero-order valence-corrected chi connectivity index (χ0v) is 10.5. The summed E-state index contributed by atoms with van der Waals surface area (Å²) < 4.78 is 5.02. The second-order valence-corrected chi connectivity index (χ2v) is 4.94. The van der Waals surface area contributed by atoms with Gasteiger partial charge >= 0.3 is 0 Å². The third-order valence-corrected chi connectivity index (χ3v) is 3.64. The molecule has 1 fully saturated rings. The Morgan fingerprint density at radius 3 is 3.06 bits per heavy atom. The molecule has 0 radical (unpaired) electrons. The summed E-state index contributed by atoms with van der Waals surface area (Å²) in [6, 6.07) is 0.464. The first-order chi connectivity index (χ1) is 7.59. The highest BCUT2D eigenvalue weighted by atomic mass is 32.2. The Kier molecular flexibility index (Phi) is 5.62. The van der Waals surface area contributed by atoms with Gasteiger partial charge in [0.2, 0.25) is 5.91 Å². The number of hydrogen-bond acceptors (Lipinski definition) is 4. The maximum Gasteiger partial charge on any atom is 0.243 e. The summed E-state index contributed by atoms with van der Waals surface area (Å²) in [4.78, 5) is 14.7. The average molecular weight is 245 g/mol. The van der Waals surface area contributed by atoms with Gasteiger partial charge in [-0.15, -0.1) is 0 Å². The van der Waals surface area contributed by atoms with Crippen molar-refractivity contribution in [2.75, 3.05) is 25.5 Å². The van der Waals surface area contributed by atoms with Gasteiger partial charge in [-0.1, -0.05) is 18.7 Å². The van der Waals surface area contributed by atoms with Crippen molar-refractivity contribution in [2.24, 2.45) is 16.6 Å². The third kappa shape index (κ3) is 4.85. The van der Waals surface area contributed by atoms with Crippen LogP contribution in [0.2, 0.25) is 0 Å². The number of primary amides is 1. The molecule has 16 heavy (non-hydrogen) atoms. The number of thioether (sulfide) groups is 1. The molecule has 5 nitrogen and oxygen atoms in total. The number of amides is 1. The molecular weight excluding hydrogens is 226 g/mol. The number of rotatable bonds is 5. The van der Waals surface area contributed by atoms with Gasteiger partial charge < -0.3 is 15.8 Å². The molecule has 92 valence electrons. The van der Waals surface area contributed by atoms with E-state index in [4.69, 9.17) is 10.5 Å². The van der Waals surface area contributed by atoms with Crippen molar-refractivity contribution in [3.05, 3.63) is 0 Å². The van der Waals surface area contributed by atoms with Crippen LogP contribution in [0, 0.1) is 5.92 Å². The van der Waals surface area contributed by atoms with E-state index in [0.717, 1.165) is 10.9 Å². The molecule has 2 unspecified atom stereocenters. The fourth-order valence-electron chi connectivity index (χ4n) is 1.21. The SMILES string of the molecule is CC1CSC(=NCCOCC(N)=O)NC1C. The summed E-state index contributed by atoms with van der Waals surface area (Å²) >= 11 is 1.73. The number of carbonyl (C=O) groups is 1. The molecular formula is C10H19N3O2S. The molecule has 0 aromatic carbocycles. The van der Waals surface area contributed by atoms with E-state index in [9.17, 15) is 4.79 Å². The van der Waals surface area contributed by atoms with Crippen LogP contribution < -0.4 is 11.1 Å². The summed E-state index contributed by atoms with van der Waals surface area (Å²) in [7, 11) is 0. The highest BCUT2D eigenvalue weighted by Gasteiger charge is 2.20. The van der Waals surface area contributed by atoms with Gasteiger partial charge in [-0.25, -0.2) is 0 Å². The van der Waals surface area contributed by atoms with Crippen LogP contribution in [0.1, 0.15) is 13.8 Å². The van der Waals surface area contributed by atoms with Crippen LogP contribution in [0.15, 0.2) is 4.99 Å². The Labute approximate surface area is 100 Å². The Hall–Kier alpha value is -0.750. The second kappa shape index (κ2) is 6.75. The van der Waals surface area contributed by atoms with Crippen LogP contribution in [-0.4, -0.2) is 42.6 Å². The molecule has 1 aliphatic rings. The number of carbonyl (C=O) groups excluding carboxylic acids is 1. The minimum Gasteiger partial charge on any atom is -0.370 e. The van der Waals surface area contributed by atoms with E-state index < -0.39 is 5.91 Å². The van der Waals surface area contributed by atoms with Gasteiger partial charge in [0.05, 0.1) is 13.2 Å². The Morgan fingerprint density at radius 2 is 2.44 bits per heavy atom. The predicted molar refractivity (Wildman–Crippen MR) is 66.5 cm³/mol. The van der Waals surface area contributed by atoms with Gasteiger partial charge in [-0.05, 0) is 12.8 Å². The van der Waals surface area contributed by atoms with Crippen molar-refractivity contribution in [1.82, 2.24) is 5.32 Å².